The van der Waals surface area contributed by atoms with E-state index in [1.54, 1.807) is 7.11 Å². The third kappa shape index (κ3) is 3.72. The van der Waals surface area contributed by atoms with E-state index in [9.17, 15) is 0 Å². The highest BCUT2D eigenvalue weighted by atomic mass is 16.5. The van der Waals surface area contributed by atoms with Crippen LogP contribution in [-0.4, -0.2) is 39.4 Å². The highest BCUT2D eigenvalue weighted by molar-refractivity contribution is 4.96. The van der Waals surface area contributed by atoms with Gasteiger partial charge in [0.2, 0.25) is 0 Å². The van der Waals surface area contributed by atoms with Crippen molar-refractivity contribution >= 4 is 0 Å². The largest absolute Gasteiger partial charge is 0.383 e. The molecule has 16 heavy (non-hydrogen) atoms. The summed E-state index contributed by atoms with van der Waals surface area (Å²) in [6.07, 6.45) is 4.51. The van der Waals surface area contributed by atoms with E-state index in [0.717, 1.165) is 37.5 Å². The molecule has 3 unspecified atom stereocenters. The van der Waals surface area contributed by atoms with E-state index in [4.69, 9.17) is 4.74 Å². The summed E-state index contributed by atoms with van der Waals surface area (Å²) >= 11 is 0. The molecule has 0 aromatic rings. The molecule has 0 saturated heterocycles. The number of fused-ring (bicyclic) bond motifs is 1. The van der Waals surface area contributed by atoms with Crippen molar-refractivity contribution in [1.29, 1.82) is 0 Å². The Balaban J connectivity index is 1.45. The topological polar surface area (TPSA) is 33.3 Å². The first-order valence-corrected chi connectivity index (χ1v) is 6.72. The van der Waals surface area contributed by atoms with Crippen LogP contribution in [0.2, 0.25) is 0 Å². The van der Waals surface area contributed by atoms with Crippen molar-refractivity contribution in [2.45, 2.75) is 32.2 Å². The molecule has 0 heterocycles. The van der Waals surface area contributed by atoms with Crippen molar-refractivity contribution in [2.24, 2.45) is 17.8 Å². The molecule has 0 spiro atoms. The van der Waals surface area contributed by atoms with Crippen molar-refractivity contribution in [1.82, 2.24) is 10.6 Å². The van der Waals surface area contributed by atoms with E-state index in [1.165, 1.54) is 25.8 Å². The molecular weight excluding hydrogens is 200 g/mol. The Hall–Kier alpha value is -0.120. The monoisotopic (exact) mass is 226 g/mol. The van der Waals surface area contributed by atoms with Crippen LogP contribution in [-0.2, 0) is 4.74 Å². The highest BCUT2D eigenvalue weighted by Gasteiger charge is 2.45. The van der Waals surface area contributed by atoms with Crippen molar-refractivity contribution in [3.63, 3.8) is 0 Å². The van der Waals surface area contributed by atoms with Gasteiger partial charge in [0.15, 0.2) is 0 Å². The minimum atomic E-state index is 0.578. The van der Waals surface area contributed by atoms with E-state index < -0.39 is 0 Å². The lowest BCUT2D eigenvalue weighted by molar-refractivity contribution is 0.198. The highest BCUT2D eigenvalue weighted by Crippen LogP contribution is 2.54. The van der Waals surface area contributed by atoms with E-state index in [0.29, 0.717) is 6.04 Å². The number of hydrogen-bond acceptors (Lipinski definition) is 3. The van der Waals surface area contributed by atoms with Gasteiger partial charge in [-0.1, -0.05) is 0 Å². The summed E-state index contributed by atoms with van der Waals surface area (Å²) in [4.78, 5) is 0. The van der Waals surface area contributed by atoms with Gasteiger partial charge in [0.1, 0.15) is 0 Å². The maximum Gasteiger partial charge on any atom is 0.0587 e. The molecule has 0 aliphatic heterocycles. The molecule has 2 fully saturated rings. The zero-order valence-corrected chi connectivity index (χ0v) is 10.7. The number of hydrogen-bond donors (Lipinski definition) is 2. The molecule has 3 heteroatoms. The van der Waals surface area contributed by atoms with Crippen LogP contribution in [0, 0.1) is 17.8 Å². The molecule has 0 aromatic heterocycles. The minimum absolute atomic E-state index is 0.578. The first-order chi connectivity index (χ1) is 7.79. The predicted octanol–water partition coefficient (Wildman–Crippen LogP) is 1.25. The third-order valence-corrected chi connectivity index (χ3v) is 4.03. The Morgan fingerprint density at radius 1 is 1.25 bits per heavy atom. The first-order valence-electron chi connectivity index (χ1n) is 6.72. The first kappa shape index (κ1) is 12.3. The lowest BCUT2D eigenvalue weighted by atomic mass is 10.0. The average molecular weight is 226 g/mol. The van der Waals surface area contributed by atoms with E-state index in [1.807, 2.05) is 0 Å². The SMILES string of the molecule is COCCNCC(C)NCC1CC2CC2C1. The summed E-state index contributed by atoms with van der Waals surface area (Å²) < 4.78 is 5.00. The Morgan fingerprint density at radius 3 is 2.69 bits per heavy atom. The van der Waals surface area contributed by atoms with Crippen LogP contribution < -0.4 is 10.6 Å². The molecular formula is C13H26N2O. The normalized spacial score (nSPS) is 33.8. The van der Waals surface area contributed by atoms with Gasteiger partial charge in [-0.25, -0.2) is 0 Å². The van der Waals surface area contributed by atoms with E-state index in [-0.39, 0.29) is 0 Å². The summed E-state index contributed by atoms with van der Waals surface area (Å²) in [6, 6.07) is 0.578. The van der Waals surface area contributed by atoms with Crippen molar-refractivity contribution in [3.8, 4) is 0 Å². The molecule has 0 bridgehead atoms. The number of ether oxygens (including phenoxy) is 1. The van der Waals surface area contributed by atoms with Crippen molar-refractivity contribution in [3.05, 3.63) is 0 Å². The Bertz CT molecular complexity index is 200. The summed E-state index contributed by atoms with van der Waals surface area (Å²) in [5.41, 5.74) is 0. The average Bonchev–Trinajstić information content (AvgIpc) is 2.90. The molecule has 0 aromatic carbocycles. The van der Waals surface area contributed by atoms with E-state index >= 15 is 0 Å². The van der Waals surface area contributed by atoms with Crippen LogP contribution >= 0.6 is 0 Å². The standard InChI is InChI=1S/C13H26N2O/c1-10(8-14-3-4-16-2)15-9-11-5-12-7-13(12)6-11/h10-15H,3-9H2,1-2H3. The minimum Gasteiger partial charge on any atom is -0.383 e. The summed E-state index contributed by atoms with van der Waals surface area (Å²) in [5, 5.41) is 7.03. The van der Waals surface area contributed by atoms with Crippen LogP contribution in [0.3, 0.4) is 0 Å². The molecule has 2 N–H and O–H groups in total. The van der Waals surface area contributed by atoms with Crippen molar-refractivity contribution in [2.75, 3.05) is 33.4 Å². The van der Waals surface area contributed by atoms with Gasteiger partial charge in [-0.05, 0) is 50.5 Å². The quantitative estimate of drug-likeness (QED) is 0.611. The zero-order valence-electron chi connectivity index (χ0n) is 10.7. The van der Waals surface area contributed by atoms with Crippen LogP contribution in [0.1, 0.15) is 26.2 Å². The van der Waals surface area contributed by atoms with Gasteiger partial charge < -0.3 is 15.4 Å². The van der Waals surface area contributed by atoms with Crippen LogP contribution in [0.5, 0.6) is 0 Å². The maximum atomic E-state index is 5.00. The molecule has 0 amide bonds. The van der Waals surface area contributed by atoms with Crippen LogP contribution in [0.15, 0.2) is 0 Å². The van der Waals surface area contributed by atoms with Crippen LogP contribution in [0.4, 0.5) is 0 Å². The molecule has 2 rings (SSSR count). The lowest BCUT2D eigenvalue weighted by Gasteiger charge is -2.18. The Morgan fingerprint density at radius 2 is 2.00 bits per heavy atom. The Labute approximate surface area is 99.3 Å². The molecule has 3 nitrogen and oxygen atoms in total. The van der Waals surface area contributed by atoms with Gasteiger partial charge in [-0.2, -0.15) is 0 Å². The second kappa shape index (κ2) is 5.99. The van der Waals surface area contributed by atoms with Gasteiger partial charge in [-0.3, -0.25) is 0 Å². The maximum absolute atomic E-state index is 5.00. The fraction of sp³-hybridized carbons (Fsp3) is 1.00. The second-order valence-corrected chi connectivity index (χ2v) is 5.60. The molecule has 2 saturated carbocycles. The van der Waals surface area contributed by atoms with Gasteiger partial charge >= 0.3 is 0 Å². The lowest BCUT2D eigenvalue weighted by Crippen LogP contribution is -2.39. The molecule has 0 radical (unpaired) electrons. The predicted molar refractivity (Wildman–Crippen MR) is 66.5 cm³/mol. The molecule has 2 aliphatic rings. The van der Waals surface area contributed by atoms with Gasteiger partial charge in [-0.15, -0.1) is 0 Å². The number of nitrogens with one attached hydrogen (secondary N) is 2. The Kier molecular flexibility index (Phi) is 4.62. The molecule has 3 atom stereocenters. The van der Waals surface area contributed by atoms with Gasteiger partial charge in [0, 0.05) is 26.2 Å². The fourth-order valence-corrected chi connectivity index (χ4v) is 2.94. The number of methoxy groups -OCH3 is 1. The van der Waals surface area contributed by atoms with E-state index in [2.05, 4.69) is 17.6 Å². The van der Waals surface area contributed by atoms with Crippen LogP contribution in [0.25, 0.3) is 0 Å². The molecule has 2 aliphatic carbocycles. The smallest absolute Gasteiger partial charge is 0.0587 e. The third-order valence-electron chi connectivity index (χ3n) is 4.03. The van der Waals surface area contributed by atoms with Crippen molar-refractivity contribution < 1.29 is 4.74 Å². The summed E-state index contributed by atoms with van der Waals surface area (Å²) in [7, 11) is 1.74. The summed E-state index contributed by atoms with van der Waals surface area (Å²) in [5.74, 6) is 3.19. The van der Waals surface area contributed by atoms with Gasteiger partial charge in [0.25, 0.3) is 0 Å². The second-order valence-electron chi connectivity index (χ2n) is 5.60. The fourth-order valence-electron chi connectivity index (χ4n) is 2.94. The number of rotatable bonds is 8. The summed E-state index contributed by atoms with van der Waals surface area (Å²) in [6.45, 7) is 6.29. The van der Waals surface area contributed by atoms with Gasteiger partial charge in [0.05, 0.1) is 6.61 Å². The molecule has 94 valence electrons. The zero-order chi connectivity index (χ0) is 11.4.